The monoisotopic (exact) mass is 313 g/mol. The molecule has 3 heterocycles. The lowest BCUT2D eigenvalue weighted by molar-refractivity contribution is 0.174. The van der Waals surface area contributed by atoms with Crippen LogP contribution < -0.4 is 9.47 Å². The van der Waals surface area contributed by atoms with E-state index in [1.165, 1.54) is 0 Å². The van der Waals surface area contributed by atoms with Crippen molar-refractivity contribution in [1.29, 1.82) is 0 Å². The van der Waals surface area contributed by atoms with E-state index in [4.69, 9.17) is 9.47 Å². The molecule has 0 atom stereocenters. The number of fused-ring (bicyclic) bond motifs is 2. The normalized spacial score (nSPS) is 13.0. The van der Waals surface area contributed by atoms with Crippen LogP contribution in [0.3, 0.4) is 0 Å². The maximum Gasteiger partial charge on any atom is 0.231 e. The fraction of sp³-hybridized carbons (Fsp3) is 0.250. The number of aromatic nitrogens is 3. The molecule has 4 rings (SSSR count). The standard InChI is InChI=1S/C16H15N3O2S/c1-2-7-22-16-6-5-15-17-12(9-19(15)18-16)11-3-4-13-14(8-11)21-10-20-13/h3-6,8-9H,2,7,10H2,1H3. The van der Waals surface area contributed by atoms with Gasteiger partial charge < -0.3 is 9.47 Å². The number of nitrogens with zero attached hydrogens (tertiary/aromatic N) is 3. The van der Waals surface area contributed by atoms with Gasteiger partial charge in [0.05, 0.1) is 11.9 Å². The predicted molar refractivity (Wildman–Crippen MR) is 85.6 cm³/mol. The first-order chi connectivity index (χ1) is 10.8. The quantitative estimate of drug-likeness (QED) is 0.688. The van der Waals surface area contributed by atoms with Gasteiger partial charge in [-0.25, -0.2) is 9.50 Å². The van der Waals surface area contributed by atoms with Crippen molar-refractivity contribution in [2.75, 3.05) is 12.5 Å². The van der Waals surface area contributed by atoms with Gasteiger partial charge in [0.15, 0.2) is 17.1 Å². The first kappa shape index (κ1) is 13.5. The summed E-state index contributed by atoms with van der Waals surface area (Å²) in [6.45, 7) is 2.45. The second-order valence-corrected chi connectivity index (χ2v) is 6.13. The molecule has 5 nitrogen and oxygen atoms in total. The van der Waals surface area contributed by atoms with Crippen LogP contribution in [-0.2, 0) is 0 Å². The van der Waals surface area contributed by atoms with Crippen molar-refractivity contribution in [1.82, 2.24) is 14.6 Å². The lowest BCUT2D eigenvalue weighted by atomic mass is 10.1. The fourth-order valence-corrected chi connectivity index (χ4v) is 3.07. The number of imidazole rings is 1. The van der Waals surface area contributed by atoms with Crippen molar-refractivity contribution in [3.05, 3.63) is 36.5 Å². The second kappa shape index (κ2) is 5.53. The van der Waals surface area contributed by atoms with E-state index in [0.717, 1.165) is 45.6 Å². The minimum Gasteiger partial charge on any atom is -0.454 e. The summed E-state index contributed by atoms with van der Waals surface area (Å²) in [7, 11) is 0. The molecule has 1 aliphatic heterocycles. The molecule has 0 saturated heterocycles. The van der Waals surface area contributed by atoms with Crippen LogP contribution in [0.4, 0.5) is 0 Å². The van der Waals surface area contributed by atoms with Crippen LogP contribution in [0.5, 0.6) is 11.5 Å². The van der Waals surface area contributed by atoms with Gasteiger partial charge in [-0.3, -0.25) is 0 Å². The molecular weight excluding hydrogens is 298 g/mol. The number of hydrogen-bond donors (Lipinski definition) is 0. The van der Waals surface area contributed by atoms with Crippen LogP contribution in [0.1, 0.15) is 13.3 Å². The van der Waals surface area contributed by atoms with Crippen molar-refractivity contribution < 1.29 is 9.47 Å². The average Bonchev–Trinajstić information content (AvgIpc) is 3.17. The Hall–Kier alpha value is -2.21. The molecule has 112 valence electrons. The minimum absolute atomic E-state index is 0.281. The van der Waals surface area contributed by atoms with Gasteiger partial charge in [0.1, 0.15) is 5.03 Å². The van der Waals surface area contributed by atoms with Crippen LogP contribution in [-0.4, -0.2) is 27.1 Å². The highest BCUT2D eigenvalue weighted by Gasteiger charge is 2.15. The third-order valence-corrected chi connectivity index (χ3v) is 4.54. The van der Waals surface area contributed by atoms with E-state index in [2.05, 4.69) is 17.0 Å². The molecule has 0 amide bonds. The van der Waals surface area contributed by atoms with Gasteiger partial charge in [-0.05, 0) is 42.5 Å². The molecular formula is C16H15N3O2S. The highest BCUT2D eigenvalue weighted by molar-refractivity contribution is 7.99. The van der Waals surface area contributed by atoms with Crippen LogP contribution in [0.15, 0.2) is 41.6 Å². The molecule has 0 aliphatic carbocycles. The van der Waals surface area contributed by atoms with E-state index in [9.17, 15) is 0 Å². The van der Waals surface area contributed by atoms with Crippen molar-refractivity contribution in [2.45, 2.75) is 18.4 Å². The van der Waals surface area contributed by atoms with Gasteiger partial charge in [0, 0.05) is 5.56 Å². The van der Waals surface area contributed by atoms with Crippen LogP contribution in [0.2, 0.25) is 0 Å². The van der Waals surface area contributed by atoms with E-state index in [1.54, 1.807) is 11.8 Å². The molecule has 6 heteroatoms. The minimum atomic E-state index is 0.281. The number of hydrogen-bond acceptors (Lipinski definition) is 5. The Morgan fingerprint density at radius 2 is 2.09 bits per heavy atom. The van der Waals surface area contributed by atoms with Crippen molar-refractivity contribution in [3.8, 4) is 22.8 Å². The lowest BCUT2D eigenvalue weighted by Crippen LogP contribution is -1.92. The Kier molecular flexibility index (Phi) is 3.38. The van der Waals surface area contributed by atoms with Crippen molar-refractivity contribution >= 4 is 17.4 Å². The third kappa shape index (κ3) is 2.39. The summed E-state index contributed by atoms with van der Waals surface area (Å²) < 4.78 is 12.6. The molecule has 1 aromatic carbocycles. The first-order valence-electron chi connectivity index (χ1n) is 7.23. The highest BCUT2D eigenvalue weighted by atomic mass is 32.2. The summed E-state index contributed by atoms with van der Waals surface area (Å²) in [6.07, 6.45) is 3.08. The molecule has 2 aromatic heterocycles. The van der Waals surface area contributed by atoms with Crippen LogP contribution in [0.25, 0.3) is 16.9 Å². The third-order valence-electron chi connectivity index (χ3n) is 3.42. The van der Waals surface area contributed by atoms with E-state index in [-0.39, 0.29) is 6.79 Å². The van der Waals surface area contributed by atoms with Gasteiger partial charge in [-0.2, -0.15) is 5.10 Å². The summed E-state index contributed by atoms with van der Waals surface area (Å²) in [5.41, 5.74) is 2.72. The zero-order chi connectivity index (χ0) is 14.9. The number of rotatable bonds is 4. The Labute approximate surface area is 132 Å². The largest absolute Gasteiger partial charge is 0.454 e. The molecule has 0 unspecified atom stereocenters. The number of thioether (sulfide) groups is 1. The first-order valence-corrected chi connectivity index (χ1v) is 8.21. The highest BCUT2D eigenvalue weighted by Crippen LogP contribution is 2.35. The SMILES string of the molecule is CCCSc1ccc2nc(-c3ccc4c(c3)OCO4)cn2n1. The molecule has 0 radical (unpaired) electrons. The summed E-state index contributed by atoms with van der Waals surface area (Å²) in [5, 5.41) is 5.61. The van der Waals surface area contributed by atoms with Gasteiger partial charge in [-0.1, -0.05) is 6.92 Å². The predicted octanol–water partition coefficient (Wildman–Crippen LogP) is 3.63. The van der Waals surface area contributed by atoms with Gasteiger partial charge >= 0.3 is 0 Å². The lowest BCUT2D eigenvalue weighted by Gasteiger charge is -1.99. The molecule has 3 aromatic rings. The summed E-state index contributed by atoms with van der Waals surface area (Å²) in [4.78, 5) is 4.62. The number of ether oxygens (including phenoxy) is 2. The zero-order valence-electron chi connectivity index (χ0n) is 12.2. The Morgan fingerprint density at radius 3 is 3.00 bits per heavy atom. The van der Waals surface area contributed by atoms with Gasteiger partial charge in [-0.15, -0.1) is 11.8 Å². The molecule has 22 heavy (non-hydrogen) atoms. The molecule has 0 N–H and O–H groups in total. The topological polar surface area (TPSA) is 48.7 Å². The molecule has 0 fully saturated rings. The Morgan fingerprint density at radius 1 is 1.18 bits per heavy atom. The zero-order valence-corrected chi connectivity index (χ0v) is 13.0. The fourth-order valence-electron chi connectivity index (χ4n) is 2.34. The summed E-state index contributed by atoms with van der Waals surface area (Å²) in [5.74, 6) is 2.62. The van der Waals surface area contributed by atoms with Gasteiger partial charge in [0.2, 0.25) is 6.79 Å². The summed E-state index contributed by atoms with van der Waals surface area (Å²) >= 11 is 1.76. The summed E-state index contributed by atoms with van der Waals surface area (Å²) in [6, 6.07) is 9.88. The van der Waals surface area contributed by atoms with E-state index < -0.39 is 0 Å². The molecule has 0 saturated carbocycles. The van der Waals surface area contributed by atoms with Crippen LogP contribution >= 0.6 is 11.8 Å². The molecule has 0 spiro atoms. The van der Waals surface area contributed by atoms with E-state index in [1.807, 2.05) is 41.0 Å². The van der Waals surface area contributed by atoms with Crippen LogP contribution in [0, 0.1) is 0 Å². The maximum atomic E-state index is 5.42. The number of benzene rings is 1. The average molecular weight is 313 g/mol. The second-order valence-electron chi connectivity index (χ2n) is 5.02. The van der Waals surface area contributed by atoms with Crippen molar-refractivity contribution in [3.63, 3.8) is 0 Å². The van der Waals surface area contributed by atoms with Gasteiger partial charge in [0.25, 0.3) is 0 Å². The Balaban J connectivity index is 1.70. The smallest absolute Gasteiger partial charge is 0.231 e. The van der Waals surface area contributed by atoms with Crippen molar-refractivity contribution in [2.24, 2.45) is 0 Å². The molecule has 0 bridgehead atoms. The maximum absolute atomic E-state index is 5.42. The van der Waals surface area contributed by atoms with E-state index >= 15 is 0 Å². The molecule has 1 aliphatic rings. The Bertz CT molecular complexity index is 831. The van der Waals surface area contributed by atoms with E-state index in [0.29, 0.717) is 0 Å².